The third-order valence-corrected chi connectivity index (χ3v) is 6.39. The highest BCUT2D eigenvalue weighted by molar-refractivity contribution is 5.84. The number of hydrogen-bond acceptors (Lipinski definition) is 1. The van der Waals surface area contributed by atoms with E-state index in [-0.39, 0.29) is 0 Å². The molecule has 0 amide bonds. The minimum atomic E-state index is 0.624. The van der Waals surface area contributed by atoms with Crippen LogP contribution >= 0.6 is 0 Å². The van der Waals surface area contributed by atoms with Gasteiger partial charge >= 0.3 is 0 Å². The monoisotopic (exact) mass is 386 g/mol. The topological polar surface area (TPSA) is 9.23 Å². The fraction of sp³-hybridized carbons (Fsp3) is 0.429. The summed E-state index contributed by atoms with van der Waals surface area (Å²) in [6, 6.07) is 20.9. The zero-order chi connectivity index (χ0) is 20.1. The minimum Gasteiger partial charge on any atom is -0.494 e. The first-order valence-electron chi connectivity index (χ1n) is 11.5. The molecule has 0 saturated carbocycles. The molecule has 3 aromatic carbocycles. The predicted octanol–water partition coefficient (Wildman–Crippen LogP) is 7.63. The number of rotatable bonds is 8. The molecule has 29 heavy (non-hydrogen) atoms. The van der Waals surface area contributed by atoms with Crippen molar-refractivity contribution in [1.29, 1.82) is 0 Å². The third kappa shape index (κ3) is 4.83. The predicted molar refractivity (Wildman–Crippen MR) is 124 cm³/mol. The van der Waals surface area contributed by atoms with Crippen LogP contribution in [0.25, 0.3) is 10.8 Å². The maximum Gasteiger partial charge on any atom is 0.119 e. The van der Waals surface area contributed by atoms with E-state index < -0.39 is 0 Å². The van der Waals surface area contributed by atoms with E-state index in [1.807, 2.05) is 0 Å². The highest BCUT2D eigenvalue weighted by atomic mass is 16.5. The maximum absolute atomic E-state index is 5.91. The van der Waals surface area contributed by atoms with Gasteiger partial charge in [-0.25, -0.2) is 0 Å². The van der Waals surface area contributed by atoms with Crippen LogP contribution in [0.1, 0.15) is 74.1 Å². The molecule has 0 radical (unpaired) electrons. The van der Waals surface area contributed by atoms with Crippen molar-refractivity contribution >= 4 is 10.8 Å². The SMILES string of the molecule is CCCCOc1ccc2c(c1)CCC(c1ccc3cc(CCCC)ccc3c1)C2. The standard InChI is InChI=1S/C28H34O/c1-3-5-7-21-8-9-23-18-24(11-10-22(23)17-21)25-12-13-27-20-28(29-16-6-4-2)15-14-26(27)19-25/h8-11,14-15,17-18,20,25H,3-7,12-13,16,19H2,1-2H3. The normalized spacial score (nSPS) is 16.0. The summed E-state index contributed by atoms with van der Waals surface area (Å²) in [6.07, 6.45) is 9.55. The van der Waals surface area contributed by atoms with Gasteiger partial charge in [0.2, 0.25) is 0 Å². The molecule has 0 saturated heterocycles. The van der Waals surface area contributed by atoms with Crippen LogP contribution in [0.4, 0.5) is 0 Å². The van der Waals surface area contributed by atoms with Gasteiger partial charge in [-0.05, 0) is 89.6 Å². The average molecular weight is 387 g/mol. The van der Waals surface area contributed by atoms with Crippen molar-refractivity contribution in [2.45, 2.75) is 71.1 Å². The van der Waals surface area contributed by atoms with E-state index in [0.717, 1.165) is 31.6 Å². The van der Waals surface area contributed by atoms with E-state index in [0.29, 0.717) is 5.92 Å². The van der Waals surface area contributed by atoms with Crippen molar-refractivity contribution in [3.8, 4) is 5.75 Å². The largest absolute Gasteiger partial charge is 0.494 e. The second-order valence-electron chi connectivity index (χ2n) is 8.62. The lowest BCUT2D eigenvalue weighted by Crippen LogP contribution is -2.13. The quantitative estimate of drug-likeness (QED) is 0.362. The first-order valence-corrected chi connectivity index (χ1v) is 11.5. The molecule has 0 aromatic heterocycles. The number of hydrogen-bond donors (Lipinski definition) is 0. The number of aryl methyl sites for hydroxylation is 2. The molecule has 0 heterocycles. The molecule has 1 heteroatoms. The molecule has 1 unspecified atom stereocenters. The summed E-state index contributed by atoms with van der Waals surface area (Å²) in [6.45, 7) is 5.29. The van der Waals surface area contributed by atoms with Crippen molar-refractivity contribution in [1.82, 2.24) is 0 Å². The lowest BCUT2D eigenvalue weighted by molar-refractivity contribution is 0.309. The molecule has 0 spiro atoms. The third-order valence-electron chi connectivity index (χ3n) is 6.39. The summed E-state index contributed by atoms with van der Waals surface area (Å²) in [5, 5.41) is 2.76. The molecule has 4 rings (SSSR count). The van der Waals surface area contributed by atoms with Crippen LogP contribution in [0.2, 0.25) is 0 Å². The van der Waals surface area contributed by atoms with Crippen LogP contribution in [0.3, 0.4) is 0 Å². The van der Waals surface area contributed by atoms with E-state index in [9.17, 15) is 0 Å². The van der Waals surface area contributed by atoms with E-state index in [1.165, 1.54) is 65.1 Å². The number of fused-ring (bicyclic) bond motifs is 2. The average Bonchev–Trinajstić information content (AvgIpc) is 2.77. The second kappa shape index (κ2) is 9.48. The molecular formula is C28H34O. The van der Waals surface area contributed by atoms with Crippen LogP contribution in [0.15, 0.2) is 54.6 Å². The maximum atomic E-state index is 5.91. The Bertz CT molecular complexity index is 956. The number of unbranched alkanes of at least 4 members (excludes halogenated alkanes) is 2. The second-order valence-corrected chi connectivity index (χ2v) is 8.62. The van der Waals surface area contributed by atoms with Gasteiger partial charge in [0.1, 0.15) is 5.75 Å². The molecule has 0 aliphatic heterocycles. The summed E-state index contributed by atoms with van der Waals surface area (Å²) in [4.78, 5) is 0. The Labute approximate surface area is 176 Å². The van der Waals surface area contributed by atoms with Crippen molar-refractivity contribution in [2.75, 3.05) is 6.61 Å². The van der Waals surface area contributed by atoms with E-state index in [1.54, 1.807) is 0 Å². The number of ether oxygens (including phenoxy) is 1. The highest BCUT2D eigenvalue weighted by Crippen LogP contribution is 2.35. The van der Waals surface area contributed by atoms with Gasteiger partial charge in [0, 0.05) is 0 Å². The van der Waals surface area contributed by atoms with Gasteiger partial charge in [0.15, 0.2) is 0 Å². The number of benzene rings is 3. The smallest absolute Gasteiger partial charge is 0.119 e. The fourth-order valence-electron chi connectivity index (χ4n) is 4.54. The molecular weight excluding hydrogens is 352 g/mol. The van der Waals surface area contributed by atoms with Gasteiger partial charge in [-0.2, -0.15) is 0 Å². The molecule has 3 aromatic rings. The molecule has 152 valence electrons. The fourth-order valence-corrected chi connectivity index (χ4v) is 4.54. The molecule has 1 atom stereocenters. The summed E-state index contributed by atoms with van der Waals surface area (Å²) >= 11 is 0. The minimum absolute atomic E-state index is 0.624. The molecule has 1 nitrogen and oxygen atoms in total. The van der Waals surface area contributed by atoms with Gasteiger partial charge in [0.05, 0.1) is 6.61 Å². The Morgan fingerprint density at radius 2 is 1.66 bits per heavy atom. The highest BCUT2D eigenvalue weighted by Gasteiger charge is 2.21. The lowest BCUT2D eigenvalue weighted by atomic mass is 9.79. The van der Waals surface area contributed by atoms with Crippen molar-refractivity contribution in [2.24, 2.45) is 0 Å². The van der Waals surface area contributed by atoms with Gasteiger partial charge < -0.3 is 4.74 Å². The molecule has 0 N–H and O–H groups in total. The summed E-state index contributed by atoms with van der Waals surface area (Å²) in [5.74, 6) is 1.67. The van der Waals surface area contributed by atoms with Crippen LogP contribution in [0, 0.1) is 0 Å². The first-order chi connectivity index (χ1) is 14.3. The Hall–Kier alpha value is -2.28. The lowest BCUT2D eigenvalue weighted by Gasteiger charge is -2.26. The van der Waals surface area contributed by atoms with E-state index in [2.05, 4.69) is 68.4 Å². The molecule has 0 fully saturated rings. The van der Waals surface area contributed by atoms with Crippen LogP contribution < -0.4 is 4.74 Å². The zero-order valence-corrected chi connectivity index (χ0v) is 18.0. The van der Waals surface area contributed by atoms with Gasteiger partial charge in [-0.3, -0.25) is 0 Å². The first kappa shape index (κ1) is 20.0. The van der Waals surface area contributed by atoms with Crippen molar-refractivity contribution < 1.29 is 4.74 Å². The van der Waals surface area contributed by atoms with E-state index in [4.69, 9.17) is 4.74 Å². The van der Waals surface area contributed by atoms with Gasteiger partial charge in [-0.15, -0.1) is 0 Å². The van der Waals surface area contributed by atoms with Crippen molar-refractivity contribution in [3.05, 3.63) is 76.9 Å². The zero-order valence-electron chi connectivity index (χ0n) is 18.0. The Morgan fingerprint density at radius 3 is 2.52 bits per heavy atom. The van der Waals surface area contributed by atoms with Crippen LogP contribution in [0.5, 0.6) is 5.75 Å². The summed E-state index contributed by atoms with van der Waals surface area (Å²) < 4.78 is 5.91. The molecule has 1 aliphatic rings. The van der Waals surface area contributed by atoms with Gasteiger partial charge in [0.25, 0.3) is 0 Å². The Morgan fingerprint density at radius 1 is 0.828 bits per heavy atom. The van der Waals surface area contributed by atoms with Crippen molar-refractivity contribution in [3.63, 3.8) is 0 Å². The molecule has 1 aliphatic carbocycles. The van der Waals surface area contributed by atoms with Crippen LogP contribution in [-0.4, -0.2) is 6.61 Å². The van der Waals surface area contributed by atoms with Gasteiger partial charge in [-0.1, -0.05) is 69.2 Å². The Kier molecular flexibility index (Phi) is 6.54. The molecule has 0 bridgehead atoms. The Balaban J connectivity index is 1.47. The van der Waals surface area contributed by atoms with Crippen LogP contribution in [-0.2, 0) is 19.3 Å². The van der Waals surface area contributed by atoms with E-state index >= 15 is 0 Å². The summed E-state index contributed by atoms with van der Waals surface area (Å²) in [7, 11) is 0. The summed E-state index contributed by atoms with van der Waals surface area (Å²) in [5.41, 5.74) is 5.94.